The maximum Gasteiger partial charge on any atom is 0.225 e. The smallest absolute Gasteiger partial charge is 0.225 e. The molecule has 0 aliphatic carbocycles. The highest BCUT2D eigenvalue weighted by Gasteiger charge is 2.29. The molecule has 1 amide bonds. The fourth-order valence-corrected chi connectivity index (χ4v) is 5.16. The molecule has 1 unspecified atom stereocenters. The first-order valence-electron chi connectivity index (χ1n) is 10.6. The van der Waals surface area contributed by atoms with E-state index in [1.807, 2.05) is 17.4 Å². The van der Waals surface area contributed by atoms with Gasteiger partial charge in [-0.25, -0.2) is 0 Å². The van der Waals surface area contributed by atoms with Gasteiger partial charge in [0.25, 0.3) is 0 Å². The van der Waals surface area contributed by atoms with E-state index >= 15 is 0 Å². The molecule has 2 aromatic carbocycles. The summed E-state index contributed by atoms with van der Waals surface area (Å²) in [4.78, 5) is 16.6. The van der Waals surface area contributed by atoms with Gasteiger partial charge < -0.3 is 19.5 Å². The van der Waals surface area contributed by atoms with Crippen LogP contribution in [0.2, 0.25) is 0 Å². The molecular formula is C25H28N2O4S. The second-order valence-corrected chi connectivity index (χ2v) is 8.61. The minimum Gasteiger partial charge on any atom is -0.493 e. The molecule has 1 N–H and O–H groups in total. The van der Waals surface area contributed by atoms with Crippen LogP contribution in [0.5, 0.6) is 17.2 Å². The second kappa shape index (κ2) is 10.1. The normalized spacial score (nSPS) is 15.7. The number of carbonyl (C=O) groups excluding carboxylic acids is 1. The van der Waals surface area contributed by atoms with Gasteiger partial charge in [-0.2, -0.15) is 0 Å². The van der Waals surface area contributed by atoms with Crippen LogP contribution in [-0.4, -0.2) is 45.2 Å². The van der Waals surface area contributed by atoms with Crippen molar-refractivity contribution in [3.63, 3.8) is 0 Å². The molecule has 32 heavy (non-hydrogen) atoms. The number of benzene rings is 2. The number of amides is 1. The van der Waals surface area contributed by atoms with Crippen LogP contribution in [0.15, 0.2) is 53.9 Å². The number of nitrogens with zero attached hydrogens (tertiary/aromatic N) is 1. The highest BCUT2D eigenvalue weighted by atomic mass is 32.1. The molecule has 168 valence electrons. The van der Waals surface area contributed by atoms with Crippen molar-refractivity contribution in [1.82, 2.24) is 4.90 Å². The summed E-state index contributed by atoms with van der Waals surface area (Å²) in [6.07, 6.45) is 1.41. The number of fused-ring (bicyclic) bond motifs is 1. The van der Waals surface area contributed by atoms with Gasteiger partial charge in [0.2, 0.25) is 11.7 Å². The van der Waals surface area contributed by atoms with E-state index in [2.05, 4.69) is 45.9 Å². The third kappa shape index (κ3) is 4.59. The van der Waals surface area contributed by atoms with Crippen molar-refractivity contribution in [3.05, 3.63) is 69.9 Å². The maximum absolute atomic E-state index is 12.8. The molecule has 0 radical (unpaired) electrons. The van der Waals surface area contributed by atoms with E-state index in [-0.39, 0.29) is 11.9 Å². The van der Waals surface area contributed by atoms with Gasteiger partial charge in [-0.05, 0) is 29.0 Å². The molecule has 4 rings (SSSR count). The van der Waals surface area contributed by atoms with Crippen LogP contribution in [-0.2, 0) is 11.2 Å². The summed E-state index contributed by atoms with van der Waals surface area (Å²) in [7, 11) is 4.67. The van der Waals surface area contributed by atoms with E-state index in [9.17, 15) is 4.79 Å². The molecule has 0 bridgehead atoms. The van der Waals surface area contributed by atoms with E-state index < -0.39 is 0 Å². The molecule has 0 fully saturated rings. The summed E-state index contributed by atoms with van der Waals surface area (Å²) in [6.45, 7) is 1.61. The minimum atomic E-state index is -0.0535. The zero-order valence-electron chi connectivity index (χ0n) is 18.6. The summed E-state index contributed by atoms with van der Waals surface area (Å²) in [5.41, 5.74) is 3.23. The number of hydrogen-bond donors (Lipinski definition) is 1. The summed E-state index contributed by atoms with van der Waals surface area (Å²) in [6, 6.07) is 16.4. The first kappa shape index (κ1) is 22.2. The van der Waals surface area contributed by atoms with Crippen molar-refractivity contribution in [2.24, 2.45) is 0 Å². The van der Waals surface area contributed by atoms with E-state index in [1.54, 1.807) is 33.5 Å². The number of nitrogens with one attached hydrogen (secondary N) is 1. The van der Waals surface area contributed by atoms with Crippen LogP contribution in [0.3, 0.4) is 0 Å². The number of anilines is 1. The monoisotopic (exact) mass is 452 g/mol. The third-order valence-electron chi connectivity index (χ3n) is 5.76. The van der Waals surface area contributed by atoms with E-state index in [0.717, 1.165) is 13.0 Å². The van der Waals surface area contributed by atoms with Gasteiger partial charge in [0.15, 0.2) is 11.5 Å². The second-order valence-electron chi connectivity index (χ2n) is 7.61. The van der Waals surface area contributed by atoms with Crippen LogP contribution < -0.4 is 19.5 Å². The van der Waals surface area contributed by atoms with Crippen LogP contribution >= 0.6 is 11.3 Å². The number of rotatable bonds is 8. The van der Waals surface area contributed by atoms with Crippen molar-refractivity contribution >= 4 is 22.9 Å². The van der Waals surface area contributed by atoms with Gasteiger partial charge >= 0.3 is 0 Å². The summed E-state index contributed by atoms with van der Waals surface area (Å²) in [5, 5.41) is 5.14. The topological polar surface area (TPSA) is 60.0 Å². The van der Waals surface area contributed by atoms with Crippen LogP contribution in [0.4, 0.5) is 5.69 Å². The molecule has 0 saturated carbocycles. The minimum absolute atomic E-state index is 0.0535. The Morgan fingerprint density at radius 2 is 1.78 bits per heavy atom. The number of carbonyl (C=O) groups is 1. The van der Waals surface area contributed by atoms with E-state index in [4.69, 9.17) is 14.2 Å². The Bertz CT molecular complexity index is 1040. The number of hydrogen-bond acceptors (Lipinski definition) is 6. The summed E-state index contributed by atoms with van der Waals surface area (Å²) < 4.78 is 16.1. The quantitative estimate of drug-likeness (QED) is 0.535. The largest absolute Gasteiger partial charge is 0.493 e. The average molecular weight is 453 g/mol. The third-order valence-corrected chi connectivity index (χ3v) is 6.75. The molecular weight excluding hydrogens is 424 g/mol. The Kier molecular flexibility index (Phi) is 6.97. The van der Waals surface area contributed by atoms with Crippen molar-refractivity contribution in [1.29, 1.82) is 0 Å². The molecule has 1 aromatic heterocycles. The molecule has 7 heteroatoms. The predicted molar refractivity (Wildman–Crippen MR) is 127 cm³/mol. The van der Waals surface area contributed by atoms with Crippen LogP contribution in [0.25, 0.3) is 0 Å². The predicted octanol–water partition coefficient (Wildman–Crippen LogP) is 4.75. The standard InChI is InChI=1S/C25H28N2O4S/c1-29-20-15-18(16-21(30-2)25(20)31-3)26-23(28)10-13-27-12-9-22-19(11-14-32-22)24(27)17-7-5-4-6-8-17/h4-8,11,14-16,24H,9-10,12-13H2,1-3H3,(H,26,28). The fourth-order valence-electron chi connectivity index (χ4n) is 4.26. The lowest BCUT2D eigenvalue weighted by atomic mass is 9.93. The lowest BCUT2D eigenvalue weighted by Gasteiger charge is -2.36. The molecule has 6 nitrogen and oxygen atoms in total. The molecule has 0 saturated heterocycles. The van der Waals surface area contributed by atoms with Crippen LogP contribution in [0.1, 0.15) is 28.5 Å². The van der Waals surface area contributed by atoms with Gasteiger partial charge in [0, 0.05) is 42.2 Å². The lowest BCUT2D eigenvalue weighted by Crippen LogP contribution is -2.37. The number of methoxy groups -OCH3 is 3. The van der Waals surface area contributed by atoms with Gasteiger partial charge in [-0.1, -0.05) is 30.3 Å². The number of ether oxygens (including phenoxy) is 3. The zero-order valence-corrected chi connectivity index (χ0v) is 19.4. The maximum atomic E-state index is 12.8. The molecule has 1 atom stereocenters. The van der Waals surface area contributed by atoms with E-state index in [0.29, 0.717) is 35.9 Å². The molecule has 1 aliphatic heterocycles. The molecule has 1 aliphatic rings. The Morgan fingerprint density at radius 1 is 1.06 bits per heavy atom. The highest BCUT2D eigenvalue weighted by Crippen LogP contribution is 2.40. The lowest BCUT2D eigenvalue weighted by molar-refractivity contribution is -0.116. The Morgan fingerprint density at radius 3 is 2.44 bits per heavy atom. The van der Waals surface area contributed by atoms with Crippen molar-refractivity contribution in [3.8, 4) is 17.2 Å². The Labute approximate surface area is 192 Å². The molecule has 0 spiro atoms. The van der Waals surface area contributed by atoms with Gasteiger partial charge in [0.05, 0.1) is 27.4 Å². The SMILES string of the molecule is COc1cc(NC(=O)CCN2CCc3sccc3C2c2ccccc2)cc(OC)c1OC. The Balaban J connectivity index is 1.47. The fraction of sp³-hybridized carbons (Fsp3) is 0.320. The van der Waals surface area contributed by atoms with Gasteiger partial charge in [-0.3, -0.25) is 9.69 Å². The summed E-state index contributed by atoms with van der Waals surface area (Å²) in [5.74, 6) is 1.46. The number of thiophene rings is 1. The molecule has 2 heterocycles. The van der Waals surface area contributed by atoms with Crippen molar-refractivity contribution in [2.45, 2.75) is 18.9 Å². The molecule has 3 aromatic rings. The van der Waals surface area contributed by atoms with Crippen LogP contribution in [0, 0.1) is 0 Å². The average Bonchev–Trinajstić information content (AvgIpc) is 3.31. The van der Waals surface area contributed by atoms with Crippen molar-refractivity contribution < 1.29 is 19.0 Å². The first-order valence-corrected chi connectivity index (χ1v) is 11.5. The highest BCUT2D eigenvalue weighted by molar-refractivity contribution is 7.10. The first-order chi connectivity index (χ1) is 15.6. The zero-order chi connectivity index (χ0) is 22.5. The van der Waals surface area contributed by atoms with Gasteiger partial charge in [0.1, 0.15) is 0 Å². The summed E-state index contributed by atoms with van der Waals surface area (Å²) >= 11 is 1.82. The Hall–Kier alpha value is -3.03. The van der Waals surface area contributed by atoms with Crippen molar-refractivity contribution in [2.75, 3.05) is 39.7 Å². The van der Waals surface area contributed by atoms with E-state index in [1.165, 1.54) is 16.0 Å². The van der Waals surface area contributed by atoms with Gasteiger partial charge in [-0.15, -0.1) is 11.3 Å².